The molecule has 0 aliphatic carbocycles. The minimum atomic E-state index is -4.69. The van der Waals surface area contributed by atoms with Crippen LogP contribution in [0.5, 0.6) is 5.75 Å². The van der Waals surface area contributed by atoms with E-state index in [4.69, 9.17) is 16.3 Å². The van der Waals surface area contributed by atoms with Gasteiger partial charge in [-0.25, -0.2) is 0 Å². The maximum atomic E-state index is 12.7. The predicted molar refractivity (Wildman–Crippen MR) is 69.5 cm³/mol. The smallest absolute Gasteiger partial charge is 0.433 e. The first-order valence-electron chi connectivity index (χ1n) is 5.58. The van der Waals surface area contributed by atoms with Crippen LogP contribution in [0.25, 0.3) is 0 Å². The minimum Gasteiger partial charge on any atom is -0.495 e. The van der Waals surface area contributed by atoms with Crippen molar-refractivity contribution in [3.63, 3.8) is 0 Å². The summed E-state index contributed by atoms with van der Waals surface area (Å²) >= 11 is 5.87. The molecule has 21 heavy (non-hydrogen) atoms. The van der Waals surface area contributed by atoms with Crippen molar-refractivity contribution in [3.8, 4) is 5.75 Å². The molecular formula is C12H9ClF3N3O2. The second kappa shape index (κ2) is 5.65. The number of anilines is 1. The van der Waals surface area contributed by atoms with Gasteiger partial charge in [-0.3, -0.25) is 9.89 Å². The highest BCUT2D eigenvalue weighted by Gasteiger charge is 2.37. The lowest BCUT2D eigenvalue weighted by Gasteiger charge is -2.09. The molecule has 2 N–H and O–H groups in total. The Morgan fingerprint density at radius 3 is 2.71 bits per heavy atom. The standard InChI is InChI=1S/C12H9ClF3N3O2/c1-21-9-3-2-6(4-8(9)13)18-11(20)7-5-17-19-10(7)12(14,15)16/h2-5H,1H3,(H,17,19)(H,18,20). The minimum absolute atomic E-state index is 0.221. The van der Waals surface area contributed by atoms with Crippen LogP contribution in [0.3, 0.4) is 0 Å². The van der Waals surface area contributed by atoms with Gasteiger partial charge in [0, 0.05) is 5.69 Å². The van der Waals surface area contributed by atoms with Crippen LogP contribution in [0.4, 0.5) is 18.9 Å². The van der Waals surface area contributed by atoms with E-state index in [-0.39, 0.29) is 10.7 Å². The number of nitrogens with one attached hydrogen (secondary N) is 2. The highest BCUT2D eigenvalue weighted by molar-refractivity contribution is 6.32. The SMILES string of the molecule is COc1ccc(NC(=O)c2cn[nH]c2C(F)(F)F)cc1Cl. The van der Waals surface area contributed by atoms with Crippen LogP contribution in [0.15, 0.2) is 24.4 Å². The second-order valence-corrected chi connectivity index (χ2v) is 4.37. The molecule has 0 aliphatic rings. The zero-order valence-electron chi connectivity index (χ0n) is 10.6. The van der Waals surface area contributed by atoms with Gasteiger partial charge in [0.2, 0.25) is 0 Å². The van der Waals surface area contributed by atoms with Gasteiger partial charge in [-0.2, -0.15) is 18.3 Å². The fourth-order valence-electron chi connectivity index (χ4n) is 1.62. The van der Waals surface area contributed by atoms with E-state index in [0.717, 1.165) is 6.20 Å². The maximum Gasteiger partial charge on any atom is 0.433 e. The first kappa shape index (κ1) is 15.2. The van der Waals surface area contributed by atoms with Crippen molar-refractivity contribution in [2.45, 2.75) is 6.18 Å². The third-order valence-electron chi connectivity index (χ3n) is 2.58. The van der Waals surface area contributed by atoms with Crippen LogP contribution >= 0.6 is 11.6 Å². The topological polar surface area (TPSA) is 67.0 Å². The summed E-state index contributed by atoms with van der Waals surface area (Å²) < 4.78 is 42.9. The van der Waals surface area contributed by atoms with Gasteiger partial charge in [0.1, 0.15) is 5.75 Å². The number of hydrogen-bond donors (Lipinski definition) is 2. The first-order chi connectivity index (χ1) is 9.82. The highest BCUT2D eigenvalue weighted by atomic mass is 35.5. The Balaban J connectivity index is 2.23. The van der Waals surface area contributed by atoms with Crippen LogP contribution in [-0.2, 0) is 6.18 Å². The summed E-state index contributed by atoms with van der Waals surface area (Å²) in [5.74, 6) is -0.564. The number of halogens is 4. The monoisotopic (exact) mass is 319 g/mol. The number of amides is 1. The zero-order chi connectivity index (χ0) is 15.6. The number of hydrogen-bond acceptors (Lipinski definition) is 3. The summed E-state index contributed by atoms with van der Waals surface area (Å²) in [4.78, 5) is 11.9. The van der Waals surface area contributed by atoms with E-state index in [1.54, 1.807) is 5.10 Å². The average Bonchev–Trinajstić information content (AvgIpc) is 2.88. The number of carbonyl (C=O) groups excluding carboxylic acids is 1. The molecule has 0 saturated heterocycles. The lowest BCUT2D eigenvalue weighted by atomic mass is 10.2. The van der Waals surface area contributed by atoms with Crippen LogP contribution in [0.2, 0.25) is 5.02 Å². The molecule has 0 saturated carbocycles. The lowest BCUT2D eigenvalue weighted by Crippen LogP contribution is -2.17. The van der Waals surface area contributed by atoms with E-state index in [9.17, 15) is 18.0 Å². The van der Waals surface area contributed by atoms with Gasteiger partial charge in [0.15, 0.2) is 5.69 Å². The molecule has 1 amide bonds. The molecule has 1 aromatic heterocycles. The molecule has 112 valence electrons. The van der Waals surface area contributed by atoms with E-state index in [1.807, 2.05) is 0 Å². The van der Waals surface area contributed by atoms with Crippen molar-refractivity contribution in [2.24, 2.45) is 0 Å². The van der Waals surface area contributed by atoms with E-state index in [0.29, 0.717) is 5.75 Å². The molecule has 0 radical (unpaired) electrons. The highest BCUT2D eigenvalue weighted by Crippen LogP contribution is 2.31. The molecule has 5 nitrogen and oxygen atoms in total. The number of aromatic nitrogens is 2. The third kappa shape index (κ3) is 3.27. The first-order valence-corrected chi connectivity index (χ1v) is 5.96. The Morgan fingerprint density at radius 1 is 1.43 bits per heavy atom. The number of benzene rings is 1. The molecule has 1 aromatic carbocycles. The summed E-state index contributed by atoms with van der Waals surface area (Å²) in [5.41, 5.74) is -1.57. The fraction of sp³-hybridized carbons (Fsp3) is 0.167. The molecule has 0 fully saturated rings. The molecule has 1 heterocycles. The Morgan fingerprint density at radius 2 is 2.14 bits per heavy atom. The van der Waals surface area contributed by atoms with Gasteiger partial charge >= 0.3 is 6.18 Å². The summed E-state index contributed by atoms with van der Waals surface area (Å²) in [6.45, 7) is 0. The van der Waals surface area contributed by atoms with Crippen molar-refractivity contribution < 1.29 is 22.7 Å². The summed E-state index contributed by atoms with van der Waals surface area (Å²) in [5, 5.41) is 7.54. The maximum absolute atomic E-state index is 12.7. The van der Waals surface area contributed by atoms with Gasteiger partial charge < -0.3 is 10.1 Å². The van der Waals surface area contributed by atoms with E-state index >= 15 is 0 Å². The van der Waals surface area contributed by atoms with E-state index < -0.39 is 23.3 Å². The van der Waals surface area contributed by atoms with Gasteiger partial charge in [-0.1, -0.05) is 11.6 Å². The molecule has 2 aromatic rings. The number of nitrogens with zero attached hydrogens (tertiary/aromatic N) is 1. The number of H-pyrrole nitrogens is 1. The normalized spacial score (nSPS) is 11.3. The number of ether oxygens (including phenoxy) is 1. The van der Waals surface area contributed by atoms with Crippen molar-refractivity contribution >= 4 is 23.2 Å². The van der Waals surface area contributed by atoms with Gasteiger partial charge in [0.05, 0.1) is 23.9 Å². The molecule has 0 bridgehead atoms. The van der Waals surface area contributed by atoms with E-state index in [2.05, 4.69) is 10.4 Å². The van der Waals surface area contributed by atoms with Crippen molar-refractivity contribution in [3.05, 3.63) is 40.7 Å². The molecule has 0 atom stereocenters. The Kier molecular flexibility index (Phi) is 4.08. The lowest BCUT2D eigenvalue weighted by molar-refractivity contribution is -0.141. The van der Waals surface area contributed by atoms with Crippen LogP contribution in [-0.4, -0.2) is 23.2 Å². The molecule has 0 unspecified atom stereocenters. The molecule has 0 spiro atoms. The molecule has 2 rings (SSSR count). The zero-order valence-corrected chi connectivity index (χ0v) is 11.3. The number of carbonyl (C=O) groups is 1. The van der Waals surface area contributed by atoms with Crippen LogP contribution in [0.1, 0.15) is 16.1 Å². The predicted octanol–water partition coefficient (Wildman–Crippen LogP) is 3.34. The second-order valence-electron chi connectivity index (χ2n) is 3.96. The molecular weight excluding hydrogens is 311 g/mol. The van der Waals surface area contributed by atoms with Crippen LogP contribution in [0, 0.1) is 0 Å². The van der Waals surface area contributed by atoms with Crippen molar-refractivity contribution in [1.82, 2.24) is 10.2 Å². The van der Waals surface area contributed by atoms with Crippen molar-refractivity contribution in [1.29, 1.82) is 0 Å². The van der Waals surface area contributed by atoms with Crippen LogP contribution < -0.4 is 10.1 Å². The number of rotatable bonds is 3. The van der Waals surface area contributed by atoms with E-state index in [1.165, 1.54) is 25.3 Å². The number of methoxy groups -OCH3 is 1. The summed E-state index contributed by atoms with van der Waals surface area (Å²) in [6, 6.07) is 4.31. The number of aromatic amines is 1. The van der Waals surface area contributed by atoms with Gasteiger partial charge in [0.25, 0.3) is 5.91 Å². The largest absolute Gasteiger partial charge is 0.495 e. The quantitative estimate of drug-likeness (QED) is 0.911. The molecule has 9 heteroatoms. The van der Waals surface area contributed by atoms with Gasteiger partial charge in [-0.15, -0.1) is 0 Å². The summed E-state index contributed by atoms with van der Waals surface area (Å²) in [6.07, 6.45) is -3.88. The Bertz CT molecular complexity index is 670. The Hall–Kier alpha value is -2.22. The molecule has 0 aliphatic heterocycles. The summed E-state index contributed by atoms with van der Waals surface area (Å²) in [7, 11) is 1.42. The Labute approximate surface area is 122 Å². The van der Waals surface area contributed by atoms with Crippen molar-refractivity contribution in [2.75, 3.05) is 12.4 Å². The average molecular weight is 320 g/mol. The fourth-order valence-corrected chi connectivity index (χ4v) is 1.87. The van der Waals surface area contributed by atoms with Gasteiger partial charge in [-0.05, 0) is 18.2 Å². The number of alkyl halides is 3. The third-order valence-corrected chi connectivity index (χ3v) is 2.87.